The molecule has 0 aromatic carbocycles. The number of hydrogen-bond donors (Lipinski definition) is 1. The maximum atomic E-state index is 3.42. The first-order chi connectivity index (χ1) is 7.31. The van der Waals surface area contributed by atoms with Crippen molar-refractivity contribution in [3.63, 3.8) is 0 Å². The van der Waals surface area contributed by atoms with Crippen LogP contribution in [0.15, 0.2) is 11.4 Å². The normalized spacial score (nSPS) is 18.8. The molecule has 1 aromatic rings. The van der Waals surface area contributed by atoms with E-state index in [-0.39, 0.29) is 0 Å². The van der Waals surface area contributed by atoms with Crippen molar-refractivity contribution >= 4 is 11.3 Å². The molecular weight excluding hydrogens is 204 g/mol. The summed E-state index contributed by atoms with van der Waals surface area (Å²) in [5.74, 6) is 0. The standard InChI is InChI=1S/C12H20N2S/c1-3-13-8-10(2)14-6-4-12-11(9-14)5-7-15-12/h5,7,10,13H,3-4,6,8-9H2,1-2H3. The van der Waals surface area contributed by atoms with E-state index in [0.29, 0.717) is 6.04 Å². The number of hydrogen-bond acceptors (Lipinski definition) is 3. The molecule has 84 valence electrons. The van der Waals surface area contributed by atoms with Crippen LogP contribution in [-0.2, 0) is 13.0 Å². The molecule has 0 spiro atoms. The summed E-state index contributed by atoms with van der Waals surface area (Å²) in [5, 5.41) is 5.65. The van der Waals surface area contributed by atoms with Gasteiger partial charge in [-0.25, -0.2) is 0 Å². The molecule has 2 nitrogen and oxygen atoms in total. The highest BCUT2D eigenvalue weighted by Crippen LogP contribution is 2.24. The zero-order valence-corrected chi connectivity index (χ0v) is 10.4. The second kappa shape index (κ2) is 5.10. The van der Waals surface area contributed by atoms with Gasteiger partial charge in [0.15, 0.2) is 0 Å². The Kier molecular flexibility index (Phi) is 3.78. The average Bonchev–Trinajstić information content (AvgIpc) is 2.72. The first kappa shape index (κ1) is 11.1. The van der Waals surface area contributed by atoms with Gasteiger partial charge >= 0.3 is 0 Å². The van der Waals surface area contributed by atoms with Gasteiger partial charge in [-0.3, -0.25) is 4.90 Å². The fraction of sp³-hybridized carbons (Fsp3) is 0.667. The molecule has 1 atom stereocenters. The molecule has 0 bridgehead atoms. The Bertz CT molecular complexity index is 308. The third-order valence-corrected chi connectivity index (χ3v) is 4.17. The van der Waals surface area contributed by atoms with Crippen LogP contribution < -0.4 is 5.32 Å². The fourth-order valence-corrected chi connectivity index (χ4v) is 3.02. The Hall–Kier alpha value is -0.380. The van der Waals surface area contributed by atoms with Crippen molar-refractivity contribution < 1.29 is 0 Å². The zero-order chi connectivity index (χ0) is 10.7. The van der Waals surface area contributed by atoms with Crippen LogP contribution in [0.3, 0.4) is 0 Å². The van der Waals surface area contributed by atoms with Crippen LogP contribution >= 0.6 is 11.3 Å². The molecule has 1 aromatic heterocycles. The van der Waals surface area contributed by atoms with Crippen LogP contribution in [-0.4, -0.2) is 30.6 Å². The van der Waals surface area contributed by atoms with Crippen LogP contribution in [0.2, 0.25) is 0 Å². The third kappa shape index (κ3) is 2.60. The molecule has 0 radical (unpaired) electrons. The van der Waals surface area contributed by atoms with Crippen LogP contribution in [0, 0.1) is 0 Å². The van der Waals surface area contributed by atoms with E-state index in [2.05, 4.69) is 35.5 Å². The fourth-order valence-electron chi connectivity index (χ4n) is 2.13. The molecular formula is C12H20N2S. The molecule has 0 saturated heterocycles. The maximum Gasteiger partial charge on any atom is 0.0248 e. The molecule has 0 aliphatic carbocycles. The molecule has 1 N–H and O–H groups in total. The summed E-state index contributed by atoms with van der Waals surface area (Å²) in [4.78, 5) is 4.18. The highest BCUT2D eigenvalue weighted by molar-refractivity contribution is 7.10. The quantitative estimate of drug-likeness (QED) is 0.842. The Morgan fingerprint density at radius 2 is 2.47 bits per heavy atom. The van der Waals surface area contributed by atoms with Gasteiger partial charge in [-0.15, -0.1) is 11.3 Å². The summed E-state index contributed by atoms with van der Waals surface area (Å²) in [6.07, 6.45) is 1.24. The maximum absolute atomic E-state index is 3.42. The van der Waals surface area contributed by atoms with Gasteiger partial charge in [0.25, 0.3) is 0 Å². The van der Waals surface area contributed by atoms with E-state index in [1.54, 1.807) is 10.4 Å². The molecule has 0 fully saturated rings. The largest absolute Gasteiger partial charge is 0.315 e. The van der Waals surface area contributed by atoms with Gasteiger partial charge in [-0.05, 0) is 36.9 Å². The van der Waals surface area contributed by atoms with Crippen molar-refractivity contribution in [1.29, 1.82) is 0 Å². The van der Waals surface area contributed by atoms with Crippen molar-refractivity contribution in [2.24, 2.45) is 0 Å². The summed E-state index contributed by atoms with van der Waals surface area (Å²) in [5.41, 5.74) is 1.55. The Balaban J connectivity index is 1.91. The zero-order valence-electron chi connectivity index (χ0n) is 9.62. The first-order valence-corrected chi connectivity index (χ1v) is 6.69. The molecule has 1 unspecified atom stereocenters. The Morgan fingerprint density at radius 3 is 3.27 bits per heavy atom. The van der Waals surface area contributed by atoms with E-state index in [4.69, 9.17) is 0 Å². The van der Waals surface area contributed by atoms with Gasteiger partial charge in [0.2, 0.25) is 0 Å². The lowest BCUT2D eigenvalue weighted by Crippen LogP contribution is -2.42. The van der Waals surface area contributed by atoms with Gasteiger partial charge in [-0.1, -0.05) is 6.92 Å². The Labute approximate surface area is 96.3 Å². The van der Waals surface area contributed by atoms with Crippen molar-refractivity contribution in [2.45, 2.75) is 32.9 Å². The molecule has 0 amide bonds. The van der Waals surface area contributed by atoms with Crippen LogP contribution in [0.25, 0.3) is 0 Å². The smallest absolute Gasteiger partial charge is 0.0248 e. The molecule has 0 saturated carbocycles. The predicted octanol–water partition coefficient (Wildman–Crippen LogP) is 2.10. The van der Waals surface area contributed by atoms with Gasteiger partial charge in [-0.2, -0.15) is 0 Å². The first-order valence-electron chi connectivity index (χ1n) is 5.81. The lowest BCUT2D eigenvalue weighted by atomic mass is 10.1. The average molecular weight is 224 g/mol. The van der Waals surface area contributed by atoms with Crippen molar-refractivity contribution in [3.05, 3.63) is 21.9 Å². The van der Waals surface area contributed by atoms with Crippen molar-refractivity contribution in [1.82, 2.24) is 10.2 Å². The molecule has 1 aliphatic heterocycles. The van der Waals surface area contributed by atoms with Gasteiger partial charge < -0.3 is 5.32 Å². The van der Waals surface area contributed by atoms with E-state index in [1.807, 2.05) is 11.3 Å². The summed E-state index contributed by atoms with van der Waals surface area (Å²) in [6.45, 7) is 9.03. The summed E-state index contributed by atoms with van der Waals surface area (Å²) in [6, 6.07) is 2.93. The predicted molar refractivity (Wildman–Crippen MR) is 66.4 cm³/mol. The van der Waals surface area contributed by atoms with E-state index in [1.165, 1.54) is 13.0 Å². The van der Waals surface area contributed by atoms with E-state index >= 15 is 0 Å². The van der Waals surface area contributed by atoms with Gasteiger partial charge in [0, 0.05) is 30.6 Å². The minimum atomic E-state index is 0.651. The summed E-state index contributed by atoms with van der Waals surface area (Å²) < 4.78 is 0. The number of nitrogens with one attached hydrogen (secondary N) is 1. The molecule has 1 aliphatic rings. The number of nitrogens with zero attached hydrogens (tertiary/aromatic N) is 1. The summed E-state index contributed by atoms with van der Waals surface area (Å²) in [7, 11) is 0. The van der Waals surface area contributed by atoms with Crippen molar-refractivity contribution in [3.8, 4) is 0 Å². The van der Waals surface area contributed by atoms with Crippen LogP contribution in [0.5, 0.6) is 0 Å². The number of rotatable bonds is 4. The van der Waals surface area contributed by atoms with E-state index in [9.17, 15) is 0 Å². The second-order valence-corrected chi connectivity index (χ2v) is 5.25. The van der Waals surface area contributed by atoms with Gasteiger partial charge in [0.05, 0.1) is 0 Å². The lowest BCUT2D eigenvalue weighted by Gasteiger charge is -2.32. The monoisotopic (exact) mass is 224 g/mol. The second-order valence-electron chi connectivity index (χ2n) is 4.25. The van der Waals surface area contributed by atoms with Crippen molar-refractivity contribution in [2.75, 3.05) is 19.6 Å². The highest BCUT2D eigenvalue weighted by atomic mass is 32.1. The van der Waals surface area contributed by atoms with Gasteiger partial charge in [0.1, 0.15) is 0 Å². The minimum absolute atomic E-state index is 0.651. The Morgan fingerprint density at radius 1 is 1.60 bits per heavy atom. The molecule has 15 heavy (non-hydrogen) atoms. The van der Waals surface area contributed by atoms with Crippen LogP contribution in [0.4, 0.5) is 0 Å². The number of thiophene rings is 1. The molecule has 2 heterocycles. The molecule has 2 rings (SSSR count). The van der Waals surface area contributed by atoms with E-state index in [0.717, 1.165) is 19.6 Å². The third-order valence-electron chi connectivity index (χ3n) is 3.15. The highest BCUT2D eigenvalue weighted by Gasteiger charge is 2.20. The number of fused-ring (bicyclic) bond motifs is 1. The van der Waals surface area contributed by atoms with E-state index < -0.39 is 0 Å². The minimum Gasteiger partial charge on any atom is -0.315 e. The summed E-state index contributed by atoms with van der Waals surface area (Å²) >= 11 is 1.91. The topological polar surface area (TPSA) is 15.3 Å². The lowest BCUT2D eigenvalue weighted by molar-refractivity contribution is 0.189. The molecule has 3 heteroatoms. The SMILES string of the molecule is CCNCC(C)N1CCc2sccc2C1. The number of likely N-dealkylation sites (N-methyl/N-ethyl adjacent to an activating group) is 1. The van der Waals surface area contributed by atoms with Crippen LogP contribution in [0.1, 0.15) is 24.3 Å².